The molecule has 6 atom stereocenters. The molecule has 0 spiro atoms. The van der Waals surface area contributed by atoms with Gasteiger partial charge in [-0.15, -0.1) is 0 Å². The second-order valence-electron chi connectivity index (χ2n) is 13.4. The zero-order chi connectivity index (χ0) is 26.8. The van der Waals surface area contributed by atoms with Crippen LogP contribution in [0.5, 0.6) is 0 Å². The summed E-state index contributed by atoms with van der Waals surface area (Å²) in [6.07, 6.45) is 9.38. The van der Waals surface area contributed by atoms with E-state index in [4.69, 9.17) is 42.6 Å². The van der Waals surface area contributed by atoms with Crippen molar-refractivity contribution in [1.29, 1.82) is 0 Å². The minimum atomic E-state index is -0.0730. The quantitative estimate of drug-likeness (QED) is 0.187. The molecular weight excluding hydrogens is 504 g/mol. The summed E-state index contributed by atoms with van der Waals surface area (Å²) in [7, 11) is 0. The van der Waals surface area contributed by atoms with Crippen LogP contribution in [-0.2, 0) is 42.6 Å². The molecule has 5 saturated heterocycles. The SMILES string of the molecule is CCC(COCC1CO1)(COCC1CO1)CC1(CC(CC)(COCC2CO2)COCC2CO2)CCC2OC2C1. The van der Waals surface area contributed by atoms with Crippen LogP contribution in [0.1, 0.15) is 58.8 Å². The topological polar surface area (TPSA) is 99.6 Å². The van der Waals surface area contributed by atoms with Gasteiger partial charge in [0.2, 0.25) is 0 Å². The van der Waals surface area contributed by atoms with Crippen LogP contribution in [0.2, 0.25) is 0 Å². The van der Waals surface area contributed by atoms with Gasteiger partial charge < -0.3 is 42.6 Å². The number of fused-ring (bicyclic) bond motifs is 1. The molecule has 6 aliphatic rings. The molecule has 5 heterocycles. The Hall–Kier alpha value is -0.360. The van der Waals surface area contributed by atoms with E-state index in [1.165, 1.54) is 0 Å². The number of hydrogen-bond acceptors (Lipinski definition) is 9. The maximum absolute atomic E-state index is 6.32. The van der Waals surface area contributed by atoms with Crippen molar-refractivity contribution in [2.45, 2.75) is 95.4 Å². The third kappa shape index (κ3) is 8.58. The lowest BCUT2D eigenvalue weighted by molar-refractivity contribution is -0.0930. The highest BCUT2D eigenvalue weighted by Gasteiger charge is 2.55. The highest BCUT2D eigenvalue weighted by atomic mass is 16.6. The number of hydrogen-bond donors (Lipinski definition) is 0. The third-order valence-corrected chi connectivity index (χ3v) is 9.74. The van der Waals surface area contributed by atoms with Crippen molar-refractivity contribution in [3.63, 3.8) is 0 Å². The first-order valence-electron chi connectivity index (χ1n) is 15.5. The Kier molecular flexibility index (Phi) is 9.20. The van der Waals surface area contributed by atoms with Crippen molar-refractivity contribution in [1.82, 2.24) is 0 Å². The van der Waals surface area contributed by atoms with Crippen molar-refractivity contribution < 1.29 is 42.6 Å². The highest BCUT2D eigenvalue weighted by Crippen LogP contribution is 2.57. The van der Waals surface area contributed by atoms with Gasteiger partial charge in [-0.2, -0.15) is 0 Å². The third-order valence-electron chi connectivity index (χ3n) is 9.74. The predicted octanol–water partition coefficient (Wildman–Crippen LogP) is 3.16. The molecule has 1 saturated carbocycles. The van der Waals surface area contributed by atoms with Crippen LogP contribution in [0.15, 0.2) is 0 Å². The number of epoxide rings is 5. The molecule has 0 aromatic heterocycles. The Morgan fingerprint density at radius 2 is 1.00 bits per heavy atom. The van der Waals surface area contributed by atoms with Gasteiger partial charge in [0.1, 0.15) is 24.4 Å². The van der Waals surface area contributed by atoms with Crippen LogP contribution in [0.4, 0.5) is 0 Å². The summed E-state index contributed by atoms with van der Waals surface area (Å²) in [5.41, 5.74) is -0.0335. The van der Waals surface area contributed by atoms with Gasteiger partial charge in [-0.1, -0.05) is 13.8 Å². The molecule has 0 N–H and O–H groups in total. The molecule has 0 amide bonds. The molecule has 0 aromatic carbocycles. The summed E-state index contributed by atoms with van der Waals surface area (Å²) in [5.74, 6) is 0. The number of rotatable bonds is 22. The monoisotopic (exact) mass is 554 g/mol. The second kappa shape index (κ2) is 12.5. The van der Waals surface area contributed by atoms with E-state index < -0.39 is 0 Å². The van der Waals surface area contributed by atoms with Gasteiger partial charge in [0.25, 0.3) is 0 Å². The standard InChI is InChI=1S/C30H50O9/c1-3-28(18-31-8-22-12-35-22,19-32-9-23-13-36-23)16-30(6-5-26-27(7-30)39-26)17-29(4-2,20-33-10-24-14-37-24)21-34-11-25-15-38-25/h22-27H,3-21H2,1-2H3. The first-order valence-corrected chi connectivity index (χ1v) is 15.5. The fourth-order valence-electron chi connectivity index (χ4n) is 6.79. The van der Waals surface area contributed by atoms with E-state index in [1.807, 2.05) is 0 Å². The van der Waals surface area contributed by atoms with Gasteiger partial charge in [-0.3, -0.25) is 0 Å². The molecule has 6 rings (SSSR count). The van der Waals surface area contributed by atoms with E-state index in [1.54, 1.807) is 0 Å². The van der Waals surface area contributed by atoms with Crippen LogP contribution in [0.3, 0.4) is 0 Å². The van der Waals surface area contributed by atoms with Crippen LogP contribution in [0, 0.1) is 16.2 Å². The lowest BCUT2D eigenvalue weighted by atomic mass is 9.58. The average Bonchev–Trinajstić information content (AvgIpc) is 3.75. The lowest BCUT2D eigenvalue weighted by Gasteiger charge is -2.49. The molecule has 0 bridgehead atoms. The Morgan fingerprint density at radius 1 is 0.615 bits per heavy atom. The van der Waals surface area contributed by atoms with Crippen LogP contribution >= 0.6 is 0 Å². The largest absolute Gasteiger partial charge is 0.378 e. The van der Waals surface area contributed by atoms with Crippen molar-refractivity contribution in [3.05, 3.63) is 0 Å². The first-order chi connectivity index (χ1) is 19.0. The summed E-state index contributed by atoms with van der Waals surface area (Å²) >= 11 is 0. The Bertz CT molecular complexity index is 690. The predicted molar refractivity (Wildman–Crippen MR) is 142 cm³/mol. The van der Waals surface area contributed by atoms with E-state index >= 15 is 0 Å². The first kappa shape index (κ1) is 28.7. The molecule has 5 aliphatic heterocycles. The minimum absolute atomic E-state index is 0.0730. The molecule has 9 nitrogen and oxygen atoms in total. The summed E-state index contributed by atoms with van der Waals surface area (Å²) in [4.78, 5) is 0. The average molecular weight is 555 g/mol. The number of ether oxygens (including phenoxy) is 9. The van der Waals surface area contributed by atoms with Crippen molar-refractivity contribution in [2.24, 2.45) is 16.2 Å². The zero-order valence-electron chi connectivity index (χ0n) is 24.1. The van der Waals surface area contributed by atoms with Crippen LogP contribution < -0.4 is 0 Å². The highest BCUT2D eigenvalue weighted by molar-refractivity contribution is 5.04. The molecule has 224 valence electrons. The fraction of sp³-hybridized carbons (Fsp3) is 1.00. The molecule has 39 heavy (non-hydrogen) atoms. The van der Waals surface area contributed by atoms with Crippen molar-refractivity contribution in [2.75, 3.05) is 79.3 Å². The van der Waals surface area contributed by atoms with Gasteiger partial charge in [0.05, 0.1) is 91.5 Å². The van der Waals surface area contributed by atoms with Gasteiger partial charge in [-0.25, -0.2) is 0 Å². The minimum Gasteiger partial charge on any atom is -0.378 e. The molecule has 1 aliphatic carbocycles. The van der Waals surface area contributed by atoms with E-state index in [9.17, 15) is 0 Å². The summed E-state index contributed by atoms with van der Waals surface area (Å²) in [5, 5.41) is 0. The van der Waals surface area contributed by atoms with Gasteiger partial charge in [0, 0.05) is 10.8 Å². The van der Waals surface area contributed by atoms with E-state index in [-0.39, 0.29) is 40.7 Å². The molecule has 0 aromatic rings. The van der Waals surface area contributed by atoms with Gasteiger partial charge >= 0.3 is 0 Å². The maximum Gasteiger partial charge on any atom is 0.104 e. The maximum atomic E-state index is 6.32. The summed E-state index contributed by atoms with van der Waals surface area (Å²) < 4.78 is 53.1. The Morgan fingerprint density at radius 3 is 1.31 bits per heavy atom. The molecule has 9 heteroatoms. The van der Waals surface area contributed by atoms with Crippen LogP contribution in [-0.4, -0.2) is 116 Å². The zero-order valence-corrected chi connectivity index (χ0v) is 24.1. The normalized spacial score (nSPS) is 38.9. The summed E-state index contributed by atoms with van der Waals surface area (Å²) in [6, 6.07) is 0. The smallest absolute Gasteiger partial charge is 0.104 e. The van der Waals surface area contributed by atoms with Crippen molar-refractivity contribution in [3.8, 4) is 0 Å². The Labute approximate surface area is 233 Å². The van der Waals surface area contributed by atoms with Gasteiger partial charge in [0.15, 0.2) is 0 Å². The fourth-order valence-corrected chi connectivity index (χ4v) is 6.79. The van der Waals surface area contributed by atoms with E-state index in [0.29, 0.717) is 65.1 Å². The second-order valence-corrected chi connectivity index (χ2v) is 13.4. The molecule has 6 fully saturated rings. The molecule has 0 radical (unpaired) electrons. The van der Waals surface area contributed by atoms with Crippen molar-refractivity contribution >= 4 is 0 Å². The van der Waals surface area contributed by atoms with Gasteiger partial charge in [-0.05, 0) is 50.4 Å². The van der Waals surface area contributed by atoms with E-state index in [0.717, 1.165) is 71.4 Å². The summed E-state index contributed by atoms with van der Waals surface area (Å²) in [6.45, 7) is 13.3. The van der Waals surface area contributed by atoms with E-state index in [2.05, 4.69) is 13.8 Å². The Balaban J connectivity index is 1.18. The van der Waals surface area contributed by atoms with Crippen LogP contribution in [0.25, 0.3) is 0 Å². The molecular formula is C30H50O9. The lowest BCUT2D eigenvalue weighted by Crippen LogP contribution is -2.46. The molecule has 6 unspecified atom stereocenters.